The Balaban J connectivity index is 2.10. The average molecular weight is 247 g/mol. The molecule has 0 atom stereocenters. The lowest BCUT2D eigenvalue weighted by Crippen LogP contribution is -2.30. The van der Waals surface area contributed by atoms with Crippen LogP contribution in [0.25, 0.3) is 0 Å². The third kappa shape index (κ3) is 3.22. The molecule has 1 saturated carbocycles. The minimum absolute atomic E-state index is 0.601. The van der Waals surface area contributed by atoms with Crippen molar-refractivity contribution in [3.8, 4) is 0 Å². The second kappa shape index (κ2) is 6.19. The molecule has 0 amide bonds. The molecule has 3 heteroatoms. The fraction of sp³-hybridized carbons (Fsp3) is 0.667. The highest BCUT2D eigenvalue weighted by Gasteiger charge is 2.19. The van der Waals surface area contributed by atoms with Gasteiger partial charge in [0, 0.05) is 25.8 Å². The van der Waals surface area contributed by atoms with E-state index in [1.54, 1.807) is 0 Å². The number of hydrogen-bond donors (Lipinski definition) is 1. The van der Waals surface area contributed by atoms with Crippen LogP contribution in [0.15, 0.2) is 12.1 Å². The number of hydrogen-bond acceptors (Lipinski definition) is 3. The Morgan fingerprint density at radius 2 is 2.17 bits per heavy atom. The summed E-state index contributed by atoms with van der Waals surface area (Å²) in [6.45, 7) is 3.92. The summed E-state index contributed by atoms with van der Waals surface area (Å²) in [5, 5.41) is 0. The molecule has 1 heterocycles. The number of nitrogens with zero attached hydrogens (tertiary/aromatic N) is 2. The van der Waals surface area contributed by atoms with Gasteiger partial charge in [-0.25, -0.2) is 4.98 Å². The van der Waals surface area contributed by atoms with E-state index in [4.69, 9.17) is 10.7 Å². The largest absolute Gasteiger partial charge is 0.359 e. The Hall–Kier alpha value is -1.09. The van der Waals surface area contributed by atoms with E-state index in [1.165, 1.54) is 30.5 Å². The number of anilines is 1. The molecule has 2 rings (SSSR count). The third-order valence-corrected chi connectivity index (χ3v) is 3.81. The Morgan fingerprint density at radius 1 is 1.39 bits per heavy atom. The molecule has 1 aromatic heterocycles. The molecule has 1 aliphatic carbocycles. The normalized spacial score (nSPS) is 15.5. The second-order valence-electron chi connectivity index (χ2n) is 5.46. The van der Waals surface area contributed by atoms with Crippen molar-refractivity contribution in [1.29, 1.82) is 0 Å². The van der Waals surface area contributed by atoms with Crippen LogP contribution in [0.4, 0.5) is 5.82 Å². The first-order chi connectivity index (χ1) is 8.72. The zero-order valence-electron chi connectivity index (χ0n) is 11.7. The van der Waals surface area contributed by atoms with E-state index >= 15 is 0 Å². The predicted molar refractivity (Wildman–Crippen MR) is 76.7 cm³/mol. The summed E-state index contributed by atoms with van der Waals surface area (Å²) in [6, 6.07) is 4.28. The number of aromatic nitrogens is 1. The lowest BCUT2D eigenvalue weighted by Gasteiger charge is -2.31. The molecule has 0 spiro atoms. The van der Waals surface area contributed by atoms with Crippen LogP contribution >= 0.6 is 0 Å². The molecule has 2 N–H and O–H groups in total. The molecule has 1 aromatic rings. The SMILES string of the molecule is CCCc1cc(CN)cc(N(C)CC2CCC2)n1. The summed E-state index contributed by atoms with van der Waals surface area (Å²) in [6.07, 6.45) is 6.33. The lowest BCUT2D eigenvalue weighted by molar-refractivity contribution is 0.321. The summed E-state index contributed by atoms with van der Waals surface area (Å²) in [5.74, 6) is 1.96. The Morgan fingerprint density at radius 3 is 2.72 bits per heavy atom. The van der Waals surface area contributed by atoms with E-state index < -0.39 is 0 Å². The Bertz CT molecular complexity index is 385. The maximum Gasteiger partial charge on any atom is 0.128 e. The molecule has 100 valence electrons. The number of nitrogens with two attached hydrogens (primary N) is 1. The summed E-state index contributed by atoms with van der Waals surface area (Å²) < 4.78 is 0. The predicted octanol–water partition coefficient (Wildman–Crippen LogP) is 2.73. The van der Waals surface area contributed by atoms with Crippen molar-refractivity contribution >= 4 is 5.82 Å². The van der Waals surface area contributed by atoms with Crippen LogP contribution in [0, 0.1) is 5.92 Å². The first-order valence-electron chi connectivity index (χ1n) is 7.14. The molecule has 0 radical (unpaired) electrons. The maximum atomic E-state index is 5.78. The average Bonchev–Trinajstić information content (AvgIpc) is 2.33. The summed E-state index contributed by atoms with van der Waals surface area (Å²) in [7, 11) is 2.15. The maximum absolute atomic E-state index is 5.78. The van der Waals surface area contributed by atoms with Gasteiger partial charge in [0.25, 0.3) is 0 Å². The van der Waals surface area contributed by atoms with Crippen molar-refractivity contribution in [2.75, 3.05) is 18.5 Å². The van der Waals surface area contributed by atoms with Crippen molar-refractivity contribution in [3.05, 3.63) is 23.4 Å². The Kier molecular flexibility index (Phi) is 4.59. The highest BCUT2D eigenvalue weighted by Crippen LogP contribution is 2.28. The molecule has 0 saturated heterocycles. The molecular formula is C15H25N3. The summed E-state index contributed by atoms with van der Waals surface area (Å²) >= 11 is 0. The number of pyridine rings is 1. The fourth-order valence-electron chi connectivity index (χ4n) is 2.49. The molecular weight excluding hydrogens is 222 g/mol. The van der Waals surface area contributed by atoms with Gasteiger partial charge >= 0.3 is 0 Å². The number of aryl methyl sites for hydroxylation is 1. The molecule has 0 bridgehead atoms. The van der Waals surface area contributed by atoms with Crippen LogP contribution in [-0.2, 0) is 13.0 Å². The molecule has 0 aromatic carbocycles. The van der Waals surface area contributed by atoms with Crippen LogP contribution < -0.4 is 10.6 Å². The fourth-order valence-corrected chi connectivity index (χ4v) is 2.49. The molecule has 3 nitrogen and oxygen atoms in total. The van der Waals surface area contributed by atoms with Crippen LogP contribution in [0.1, 0.15) is 43.9 Å². The van der Waals surface area contributed by atoms with E-state index in [9.17, 15) is 0 Å². The highest BCUT2D eigenvalue weighted by molar-refractivity contribution is 5.42. The van der Waals surface area contributed by atoms with Crippen molar-refractivity contribution in [1.82, 2.24) is 4.98 Å². The van der Waals surface area contributed by atoms with Crippen molar-refractivity contribution in [2.45, 2.75) is 45.6 Å². The van der Waals surface area contributed by atoms with Gasteiger partial charge in [-0.1, -0.05) is 19.8 Å². The van der Waals surface area contributed by atoms with E-state index in [0.29, 0.717) is 6.54 Å². The van der Waals surface area contributed by atoms with Gasteiger partial charge < -0.3 is 10.6 Å². The molecule has 1 aliphatic rings. The monoisotopic (exact) mass is 247 g/mol. The summed E-state index contributed by atoms with van der Waals surface area (Å²) in [5.41, 5.74) is 8.15. The topological polar surface area (TPSA) is 42.1 Å². The minimum atomic E-state index is 0.601. The van der Waals surface area contributed by atoms with Gasteiger partial charge in [0.05, 0.1) is 0 Å². The van der Waals surface area contributed by atoms with Crippen LogP contribution in [0.5, 0.6) is 0 Å². The quantitative estimate of drug-likeness (QED) is 0.840. The van der Waals surface area contributed by atoms with Crippen molar-refractivity contribution in [2.24, 2.45) is 11.7 Å². The van der Waals surface area contributed by atoms with Gasteiger partial charge in [-0.05, 0) is 42.9 Å². The molecule has 1 fully saturated rings. The first kappa shape index (κ1) is 13.3. The third-order valence-electron chi connectivity index (χ3n) is 3.81. The summed E-state index contributed by atoms with van der Waals surface area (Å²) in [4.78, 5) is 7.05. The van der Waals surface area contributed by atoms with E-state index in [0.717, 1.165) is 31.1 Å². The van der Waals surface area contributed by atoms with E-state index in [1.807, 2.05) is 0 Å². The lowest BCUT2D eigenvalue weighted by atomic mass is 9.85. The first-order valence-corrected chi connectivity index (χ1v) is 7.14. The van der Waals surface area contributed by atoms with E-state index in [-0.39, 0.29) is 0 Å². The van der Waals surface area contributed by atoms with Gasteiger partial charge in [-0.15, -0.1) is 0 Å². The van der Waals surface area contributed by atoms with Gasteiger partial charge in [-0.3, -0.25) is 0 Å². The molecule has 18 heavy (non-hydrogen) atoms. The minimum Gasteiger partial charge on any atom is -0.359 e. The van der Waals surface area contributed by atoms with Crippen LogP contribution in [0.2, 0.25) is 0 Å². The number of rotatable bonds is 6. The van der Waals surface area contributed by atoms with Gasteiger partial charge in [-0.2, -0.15) is 0 Å². The van der Waals surface area contributed by atoms with Gasteiger partial charge in [0.15, 0.2) is 0 Å². The zero-order valence-corrected chi connectivity index (χ0v) is 11.7. The standard InChI is InChI=1S/C15H25N3/c1-3-5-14-8-13(10-16)9-15(17-14)18(2)11-12-6-4-7-12/h8-9,12H,3-7,10-11,16H2,1-2H3. The second-order valence-corrected chi connectivity index (χ2v) is 5.46. The van der Waals surface area contributed by atoms with Crippen molar-refractivity contribution in [3.63, 3.8) is 0 Å². The molecule has 0 unspecified atom stereocenters. The molecule has 0 aliphatic heterocycles. The van der Waals surface area contributed by atoms with Gasteiger partial charge in [0.1, 0.15) is 5.82 Å². The van der Waals surface area contributed by atoms with Crippen molar-refractivity contribution < 1.29 is 0 Å². The zero-order chi connectivity index (χ0) is 13.0. The van der Waals surface area contributed by atoms with E-state index in [2.05, 4.69) is 31.0 Å². The van der Waals surface area contributed by atoms with Crippen LogP contribution in [-0.4, -0.2) is 18.6 Å². The van der Waals surface area contributed by atoms with Gasteiger partial charge in [0.2, 0.25) is 0 Å². The highest BCUT2D eigenvalue weighted by atomic mass is 15.2. The Labute approximate surface area is 110 Å². The van der Waals surface area contributed by atoms with Crippen LogP contribution in [0.3, 0.4) is 0 Å². The smallest absolute Gasteiger partial charge is 0.128 e.